The Morgan fingerprint density at radius 1 is 1.53 bits per heavy atom. The second-order valence-electron chi connectivity index (χ2n) is 4.42. The van der Waals surface area contributed by atoms with E-state index in [1.165, 1.54) is 12.8 Å². The normalized spacial score (nSPS) is 16.3. The van der Waals surface area contributed by atoms with E-state index in [4.69, 9.17) is 5.14 Å². The molecule has 1 aromatic heterocycles. The number of sulfonamides is 1. The highest BCUT2D eigenvalue weighted by molar-refractivity contribution is 7.89. The van der Waals surface area contributed by atoms with Crippen LogP contribution in [0, 0.1) is 0 Å². The lowest BCUT2D eigenvalue weighted by atomic mass is 10.4. The minimum Gasteiger partial charge on any atom is -0.330 e. The minimum absolute atomic E-state index is 0.0296. The van der Waals surface area contributed by atoms with Crippen molar-refractivity contribution in [3.8, 4) is 0 Å². The van der Waals surface area contributed by atoms with Gasteiger partial charge in [0.2, 0.25) is 10.0 Å². The zero-order valence-corrected chi connectivity index (χ0v) is 10.5. The Balaban J connectivity index is 1.69. The van der Waals surface area contributed by atoms with Crippen LogP contribution in [-0.2, 0) is 16.6 Å². The highest BCUT2D eigenvalue weighted by atomic mass is 32.2. The van der Waals surface area contributed by atoms with Crippen LogP contribution >= 0.6 is 0 Å². The number of rotatable bonds is 7. The van der Waals surface area contributed by atoms with Gasteiger partial charge in [0, 0.05) is 18.8 Å². The maximum Gasteiger partial charge on any atom is 0.209 e. The quantitative estimate of drug-likeness (QED) is 0.673. The molecule has 1 aliphatic carbocycles. The molecular weight excluding hydrogens is 240 g/mol. The number of primary sulfonamides is 1. The molecule has 0 bridgehead atoms. The lowest BCUT2D eigenvalue weighted by molar-refractivity contribution is 0.585. The molecule has 1 aliphatic rings. The van der Waals surface area contributed by atoms with Crippen LogP contribution in [0.25, 0.3) is 0 Å². The van der Waals surface area contributed by atoms with Crippen LogP contribution in [0.1, 0.15) is 31.0 Å². The number of hydrogen-bond acceptors (Lipinski definition) is 4. The van der Waals surface area contributed by atoms with Gasteiger partial charge in [-0.1, -0.05) is 0 Å². The fraction of sp³-hybridized carbons (Fsp3) is 0.700. The molecule has 0 spiro atoms. The van der Waals surface area contributed by atoms with Crippen LogP contribution in [0.5, 0.6) is 0 Å². The Bertz CT molecular complexity index is 464. The number of aromatic nitrogens is 2. The Labute approximate surface area is 101 Å². The zero-order valence-electron chi connectivity index (χ0n) is 9.67. The SMILES string of the molecule is NS(=O)(=O)CCCNCc1cncn1C1CC1. The Morgan fingerprint density at radius 3 is 2.94 bits per heavy atom. The molecule has 96 valence electrons. The van der Waals surface area contributed by atoms with Crippen molar-refractivity contribution in [3.05, 3.63) is 18.2 Å². The number of imidazole rings is 1. The number of nitrogens with one attached hydrogen (secondary N) is 1. The van der Waals surface area contributed by atoms with E-state index < -0.39 is 10.0 Å². The van der Waals surface area contributed by atoms with Crippen LogP contribution in [0.4, 0.5) is 0 Å². The second-order valence-corrected chi connectivity index (χ2v) is 6.15. The minimum atomic E-state index is -3.33. The average molecular weight is 258 g/mol. The van der Waals surface area contributed by atoms with Gasteiger partial charge in [-0.05, 0) is 25.8 Å². The number of nitrogens with two attached hydrogens (primary N) is 1. The molecule has 0 radical (unpaired) electrons. The van der Waals surface area contributed by atoms with E-state index >= 15 is 0 Å². The summed E-state index contributed by atoms with van der Waals surface area (Å²) < 4.78 is 23.6. The van der Waals surface area contributed by atoms with Crippen LogP contribution in [0.3, 0.4) is 0 Å². The van der Waals surface area contributed by atoms with E-state index in [9.17, 15) is 8.42 Å². The van der Waals surface area contributed by atoms with E-state index in [2.05, 4.69) is 14.9 Å². The van der Waals surface area contributed by atoms with Gasteiger partial charge in [-0.2, -0.15) is 0 Å². The van der Waals surface area contributed by atoms with Gasteiger partial charge in [0.05, 0.1) is 17.8 Å². The molecule has 7 heteroatoms. The summed E-state index contributed by atoms with van der Waals surface area (Å²) in [6.45, 7) is 1.37. The third-order valence-corrected chi connectivity index (χ3v) is 3.63. The largest absolute Gasteiger partial charge is 0.330 e. The lowest BCUT2D eigenvalue weighted by Crippen LogP contribution is -2.22. The first-order valence-corrected chi connectivity index (χ1v) is 7.50. The lowest BCUT2D eigenvalue weighted by Gasteiger charge is -2.07. The van der Waals surface area contributed by atoms with Gasteiger partial charge in [0.15, 0.2) is 0 Å². The summed E-state index contributed by atoms with van der Waals surface area (Å²) >= 11 is 0. The first kappa shape index (κ1) is 12.5. The molecule has 6 nitrogen and oxygen atoms in total. The zero-order chi connectivity index (χ0) is 12.3. The first-order valence-electron chi connectivity index (χ1n) is 5.78. The fourth-order valence-electron chi connectivity index (χ4n) is 1.77. The van der Waals surface area contributed by atoms with Crippen molar-refractivity contribution in [2.45, 2.75) is 31.8 Å². The number of nitrogens with zero attached hydrogens (tertiary/aromatic N) is 2. The summed E-state index contributed by atoms with van der Waals surface area (Å²) in [5, 5.41) is 8.12. The molecule has 1 heterocycles. The van der Waals surface area contributed by atoms with Gasteiger partial charge in [-0.25, -0.2) is 18.5 Å². The Kier molecular flexibility index (Phi) is 3.80. The summed E-state index contributed by atoms with van der Waals surface area (Å²) in [5.74, 6) is 0.0296. The topological polar surface area (TPSA) is 90.0 Å². The molecule has 0 aromatic carbocycles. The fourth-order valence-corrected chi connectivity index (χ4v) is 2.31. The molecule has 0 saturated heterocycles. The smallest absolute Gasteiger partial charge is 0.209 e. The average Bonchev–Trinajstić information content (AvgIpc) is 2.97. The molecule has 17 heavy (non-hydrogen) atoms. The van der Waals surface area contributed by atoms with E-state index in [1.54, 1.807) is 0 Å². The molecule has 0 unspecified atom stereocenters. The predicted molar refractivity (Wildman–Crippen MR) is 64.8 cm³/mol. The summed E-state index contributed by atoms with van der Waals surface area (Å²) in [5.41, 5.74) is 1.16. The first-order chi connectivity index (χ1) is 8.06. The van der Waals surface area contributed by atoms with Crippen LogP contribution in [0.2, 0.25) is 0 Å². The highest BCUT2D eigenvalue weighted by Crippen LogP contribution is 2.35. The van der Waals surface area contributed by atoms with Crippen molar-refractivity contribution in [1.82, 2.24) is 14.9 Å². The molecule has 2 rings (SSSR count). The molecule has 0 atom stereocenters. The van der Waals surface area contributed by atoms with Crippen molar-refractivity contribution in [2.24, 2.45) is 5.14 Å². The van der Waals surface area contributed by atoms with Crippen molar-refractivity contribution >= 4 is 10.0 Å². The molecule has 0 aliphatic heterocycles. The van der Waals surface area contributed by atoms with Gasteiger partial charge < -0.3 is 9.88 Å². The van der Waals surface area contributed by atoms with Crippen molar-refractivity contribution in [1.29, 1.82) is 0 Å². The molecule has 3 N–H and O–H groups in total. The van der Waals surface area contributed by atoms with E-state index in [-0.39, 0.29) is 5.75 Å². The van der Waals surface area contributed by atoms with Crippen molar-refractivity contribution < 1.29 is 8.42 Å². The third-order valence-electron chi connectivity index (χ3n) is 2.78. The van der Waals surface area contributed by atoms with Crippen molar-refractivity contribution in [2.75, 3.05) is 12.3 Å². The summed E-state index contributed by atoms with van der Waals surface area (Å²) in [7, 11) is -3.33. The van der Waals surface area contributed by atoms with Gasteiger partial charge in [-0.3, -0.25) is 0 Å². The van der Waals surface area contributed by atoms with Gasteiger partial charge in [0.25, 0.3) is 0 Å². The van der Waals surface area contributed by atoms with Gasteiger partial charge in [-0.15, -0.1) is 0 Å². The van der Waals surface area contributed by atoms with Crippen LogP contribution in [-0.4, -0.2) is 30.3 Å². The maximum atomic E-state index is 10.7. The van der Waals surface area contributed by atoms with Crippen LogP contribution in [0.15, 0.2) is 12.5 Å². The van der Waals surface area contributed by atoms with E-state index in [0.29, 0.717) is 19.0 Å². The molecule has 1 aromatic rings. The summed E-state index contributed by atoms with van der Waals surface area (Å²) in [6, 6.07) is 0.624. The Morgan fingerprint density at radius 2 is 2.29 bits per heavy atom. The molecule has 1 saturated carbocycles. The maximum absolute atomic E-state index is 10.7. The number of hydrogen-bond donors (Lipinski definition) is 2. The standard InChI is InChI=1S/C10H18N4O2S/c11-17(15,16)5-1-4-12-6-10-7-13-8-14(10)9-2-3-9/h7-9,12H,1-6H2,(H2,11,15,16). The summed E-state index contributed by atoms with van der Waals surface area (Å²) in [4.78, 5) is 4.13. The molecule has 1 fully saturated rings. The third kappa shape index (κ3) is 4.10. The summed E-state index contributed by atoms with van der Waals surface area (Å²) in [6.07, 6.45) is 6.71. The van der Waals surface area contributed by atoms with Crippen molar-refractivity contribution in [3.63, 3.8) is 0 Å². The Hall–Kier alpha value is -0.920. The molecule has 0 amide bonds. The van der Waals surface area contributed by atoms with E-state index in [1.807, 2.05) is 12.5 Å². The monoisotopic (exact) mass is 258 g/mol. The molecular formula is C10H18N4O2S. The van der Waals surface area contributed by atoms with Gasteiger partial charge >= 0.3 is 0 Å². The van der Waals surface area contributed by atoms with Gasteiger partial charge in [0.1, 0.15) is 0 Å². The highest BCUT2D eigenvalue weighted by Gasteiger charge is 2.24. The van der Waals surface area contributed by atoms with Crippen LogP contribution < -0.4 is 10.5 Å². The van der Waals surface area contributed by atoms with E-state index in [0.717, 1.165) is 12.2 Å². The second kappa shape index (κ2) is 5.16. The predicted octanol–water partition coefficient (Wildman–Crippen LogP) is -0.0138.